The van der Waals surface area contributed by atoms with Gasteiger partial charge in [-0.2, -0.15) is 0 Å². The highest BCUT2D eigenvalue weighted by Gasteiger charge is 2.15. The molecule has 0 aliphatic carbocycles. The topological polar surface area (TPSA) is 20.2 Å². The van der Waals surface area contributed by atoms with Crippen molar-refractivity contribution in [2.24, 2.45) is 0 Å². The van der Waals surface area contributed by atoms with Crippen LogP contribution in [-0.2, 0) is 0 Å². The zero-order valence-electron chi connectivity index (χ0n) is 16.0. The zero-order chi connectivity index (χ0) is 19.3. The lowest BCUT2D eigenvalue weighted by Crippen LogP contribution is -2.00. The average molecular weight is 364 g/mol. The Hall–Kier alpha value is -3.32. The molecule has 0 amide bonds. The van der Waals surface area contributed by atoms with Gasteiger partial charge in [0.2, 0.25) is 0 Å². The second kappa shape index (κ2) is 8.14. The minimum atomic E-state index is 0.299. The van der Waals surface area contributed by atoms with Crippen molar-refractivity contribution in [1.29, 1.82) is 0 Å². The van der Waals surface area contributed by atoms with Crippen molar-refractivity contribution in [3.63, 3.8) is 0 Å². The summed E-state index contributed by atoms with van der Waals surface area (Å²) in [6.07, 6.45) is 1.00. The predicted molar refractivity (Wildman–Crippen MR) is 118 cm³/mol. The van der Waals surface area contributed by atoms with Gasteiger partial charge in [-0.25, -0.2) is 0 Å². The van der Waals surface area contributed by atoms with Gasteiger partial charge in [-0.3, -0.25) is 0 Å². The Balaban J connectivity index is 1.68. The summed E-state index contributed by atoms with van der Waals surface area (Å²) in [7, 11) is 0. The molecule has 0 bridgehead atoms. The van der Waals surface area contributed by atoms with E-state index in [-0.39, 0.29) is 0 Å². The Morgan fingerprint density at radius 2 is 1.14 bits per heavy atom. The molecule has 4 aromatic rings. The molecule has 1 N–H and O–H groups in total. The fraction of sp³-hybridized carbons (Fsp3) is 0.111. The number of aromatic hydroxyl groups is 1. The summed E-state index contributed by atoms with van der Waals surface area (Å²) in [5.41, 5.74) is 6.92. The van der Waals surface area contributed by atoms with Gasteiger partial charge in [-0.1, -0.05) is 97.9 Å². The van der Waals surface area contributed by atoms with Crippen LogP contribution in [0.25, 0.3) is 22.3 Å². The van der Waals surface area contributed by atoms with E-state index in [4.69, 9.17) is 0 Å². The molecule has 1 atom stereocenters. The number of hydrogen-bond donors (Lipinski definition) is 1. The predicted octanol–water partition coefficient (Wildman–Crippen LogP) is 7.27. The molecule has 0 saturated carbocycles. The molecule has 1 unspecified atom stereocenters. The molecule has 0 fully saturated rings. The van der Waals surface area contributed by atoms with Gasteiger partial charge >= 0.3 is 0 Å². The number of benzene rings is 4. The van der Waals surface area contributed by atoms with Crippen LogP contribution in [0.5, 0.6) is 5.75 Å². The highest BCUT2D eigenvalue weighted by molar-refractivity contribution is 5.71. The lowest BCUT2D eigenvalue weighted by Gasteiger charge is -2.18. The Morgan fingerprint density at radius 3 is 1.75 bits per heavy atom. The van der Waals surface area contributed by atoms with Crippen molar-refractivity contribution >= 4 is 0 Å². The average Bonchev–Trinajstić information content (AvgIpc) is 2.77. The maximum atomic E-state index is 10.4. The summed E-state index contributed by atoms with van der Waals surface area (Å²) in [5, 5.41) is 10.4. The molecular weight excluding hydrogens is 340 g/mol. The van der Waals surface area contributed by atoms with E-state index in [1.807, 2.05) is 48.5 Å². The third kappa shape index (κ3) is 3.70. The van der Waals surface area contributed by atoms with E-state index in [9.17, 15) is 5.11 Å². The summed E-state index contributed by atoms with van der Waals surface area (Å²) in [6, 6.07) is 35.4. The van der Waals surface area contributed by atoms with Gasteiger partial charge in [0.1, 0.15) is 5.75 Å². The van der Waals surface area contributed by atoms with Gasteiger partial charge in [0.25, 0.3) is 0 Å². The van der Waals surface area contributed by atoms with Crippen molar-refractivity contribution in [3.05, 3.63) is 114 Å². The number of phenolic OH excluding ortho intramolecular Hbond substituents is 1. The highest BCUT2D eigenvalue weighted by atomic mass is 16.3. The third-order valence-corrected chi connectivity index (χ3v) is 5.34. The van der Waals surface area contributed by atoms with Crippen molar-refractivity contribution in [2.45, 2.75) is 19.3 Å². The largest absolute Gasteiger partial charge is 0.507 e. The molecule has 1 nitrogen and oxygen atoms in total. The first-order valence-electron chi connectivity index (χ1n) is 9.80. The van der Waals surface area contributed by atoms with Crippen molar-refractivity contribution in [1.82, 2.24) is 0 Å². The van der Waals surface area contributed by atoms with Crippen LogP contribution in [0.2, 0.25) is 0 Å². The van der Waals surface area contributed by atoms with E-state index in [0.717, 1.165) is 17.5 Å². The minimum Gasteiger partial charge on any atom is -0.507 e. The number of rotatable bonds is 5. The molecule has 0 radical (unpaired) electrons. The first kappa shape index (κ1) is 18.1. The van der Waals surface area contributed by atoms with E-state index in [1.54, 1.807) is 0 Å². The van der Waals surface area contributed by atoms with Crippen LogP contribution < -0.4 is 0 Å². The van der Waals surface area contributed by atoms with Gasteiger partial charge in [0.15, 0.2) is 0 Å². The fourth-order valence-corrected chi connectivity index (χ4v) is 3.82. The SMILES string of the molecule is CCC(c1ccc(-c2ccccc2)cc1)c1ccc(O)c(-c2ccccc2)c1. The molecular formula is C27H24O. The lowest BCUT2D eigenvalue weighted by molar-refractivity contribution is 0.477. The smallest absolute Gasteiger partial charge is 0.123 e. The monoisotopic (exact) mass is 364 g/mol. The quantitative estimate of drug-likeness (QED) is 0.395. The van der Waals surface area contributed by atoms with E-state index < -0.39 is 0 Å². The molecule has 0 aromatic heterocycles. The molecule has 0 saturated heterocycles. The summed E-state index contributed by atoms with van der Waals surface area (Å²) in [5.74, 6) is 0.622. The Bertz CT molecular complexity index is 1030. The first-order chi connectivity index (χ1) is 13.8. The van der Waals surface area contributed by atoms with E-state index >= 15 is 0 Å². The maximum Gasteiger partial charge on any atom is 0.123 e. The molecule has 0 aliphatic heterocycles. The Morgan fingerprint density at radius 1 is 0.607 bits per heavy atom. The van der Waals surface area contributed by atoms with Crippen LogP contribution in [0.4, 0.5) is 0 Å². The number of hydrogen-bond acceptors (Lipinski definition) is 1. The molecule has 0 aliphatic rings. The van der Waals surface area contributed by atoms with Gasteiger partial charge < -0.3 is 5.11 Å². The van der Waals surface area contributed by atoms with Crippen LogP contribution in [0.3, 0.4) is 0 Å². The molecule has 1 heteroatoms. The Kier molecular flexibility index (Phi) is 5.25. The normalized spacial score (nSPS) is 11.9. The molecule has 4 rings (SSSR count). The second-order valence-corrected chi connectivity index (χ2v) is 7.09. The zero-order valence-corrected chi connectivity index (χ0v) is 16.0. The lowest BCUT2D eigenvalue weighted by atomic mass is 9.86. The summed E-state index contributed by atoms with van der Waals surface area (Å²) in [4.78, 5) is 0. The second-order valence-electron chi connectivity index (χ2n) is 7.09. The van der Waals surface area contributed by atoms with E-state index in [0.29, 0.717) is 11.7 Å². The van der Waals surface area contributed by atoms with Gasteiger partial charge in [-0.05, 0) is 46.4 Å². The van der Waals surface area contributed by atoms with Crippen LogP contribution in [0, 0.1) is 0 Å². The van der Waals surface area contributed by atoms with Crippen LogP contribution in [0.1, 0.15) is 30.4 Å². The Labute approximate surface area is 166 Å². The summed E-state index contributed by atoms with van der Waals surface area (Å²) in [6.45, 7) is 2.21. The standard InChI is InChI=1S/C27H24O/c1-2-25(23-15-13-21(14-16-23)20-9-5-3-6-10-20)24-17-18-27(28)26(19-24)22-11-7-4-8-12-22/h3-19,25,28H,2H2,1H3. The van der Waals surface area contributed by atoms with E-state index in [2.05, 4.69) is 61.5 Å². The van der Waals surface area contributed by atoms with Crippen molar-refractivity contribution in [3.8, 4) is 28.0 Å². The fourth-order valence-electron chi connectivity index (χ4n) is 3.82. The summed E-state index contributed by atoms with van der Waals surface area (Å²) >= 11 is 0. The highest BCUT2D eigenvalue weighted by Crippen LogP contribution is 2.36. The van der Waals surface area contributed by atoms with Crippen LogP contribution in [-0.4, -0.2) is 5.11 Å². The van der Waals surface area contributed by atoms with Gasteiger partial charge in [-0.15, -0.1) is 0 Å². The van der Waals surface area contributed by atoms with Crippen LogP contribution in [0.15, 0.2) is 103 Å². The van der Waals surface area contributed by atoms with Gasteiger partial charge in [0.05, 0.1) is 0 Å². The van der Waals surface area contributed by atoms with E-state index in [1.165, 1.54) is 22.3 Å². The molecule has 28 heavy (non-hydrogen) atoms. The van der Waals surface area contributed by atoms with Gasteiger partial charge in [0, 0.05) is 11.5 Å². The molecule has 0 spiro atoms. The molecule has 0 heterocycles. The molecule has 138 valence electrons. The molecule has 4 aromatic carbocycles. The maximum absolute atomic E-state index is 10.4. The third-order valence-electron chi connectivity index (χ3n) is 5.34. The van der Waals surface area contributed by atoms with Crippen molar-refractivity contribution in [2.75, 3.05) is 0 Å². The van der Waals surface area contributed by atoms with Crippen molar-refractivity contribution < 1.29 is 5.11 Å². The first-order valence-corrected chi connectivity index (χ1v) is 9.80. The van der Waals surface area contributed by atoms with Crippen LogP contribution >= 0.6 is 0 Å². The minimum absolute atomic E-state index is 0.299. The number of phenols is 1. The summed E-state index contributed by atoms with van der Waals surface area (Å²) < 4.78 is 0.